The lowest BCUT2D eigenvalue weighted by atomic mass is 10.3. The van der Waals surface area contributed by atoms with Crippen LogP contribution in [0.4, 0.5) is 0 Å². The Kier molecular flexibility index (Phi) is 2.51. The van der Waals surface area contributed by atoms with Crippen molar-refractivity contribution in [3.8, 4) is 0 Å². The van der Waals surface area contributed by atoms with E-state index in [0.29, 0.717) is 19.8 Å². The van der Waals surface area contributed by atoms with Gasteiger partial charge in [0, 0.05) is 10.9 Å². The molecule has 0 bridgehead atoms. The Morgan fingerprint density at radius 3 is 3.00 bits per heavy atom. The summed E-state index contributed by atoms with van der Waals surface area (Å²) in [5, 5.41) is 2.70. The molecule has 0 aliphatic carbocycles. The first kappa shape index (κ1) is 10.0. The Bertz CT molecular complexity index is 554. The number of pyridine rings is 1. The zero-order valence-electron chi connectivity index (χ0n) is 8.59. The highest BCUT2D eigenvalue weighted by molar-refractivity contribution is 7.17. The Morgan fingerprint density at radius 1 is 1.38 bits per heavy atom. The molecule has 0 aromatic carbocycles. The highest BCUT2D eigenvalue weighted by atomic mass is 32.1. The van der Waals surface area contributed by atoms with Gasteiger partial charge in [-0.05, 0) is 17.5 Å². The van der Waals surface area contributed by atoms with Gasteiger partial charge in [0.1, 0.15) is 0 Å². The van der Waals surface area contributed by atoms with E-state index in [0.717, 1.165) is 10.1 Å². The molecule has 0 spiro atoms. The summed E-state index contributed by atoms with van der Waals surface area (Å²) in [4.78, 5) is 12.0. The molecule has 0 amide bonds. The fraction of sp³-hybridized carbons (Fsp3) is 0.364. The minimum absolute atomic E-state index is 0.0258. The van der Waals surface area contributed by atoms with E-state index in [1.165, 1.54) is 0 Å². The molecule has 0 N–H and O–H groups in total. The third kappa shape index (κ3) is 1.67. The zero-order valence-corrected chi connectivity index (χ0v) is 9.40. The summed E-state index contributed by atoms with van der Waals surface area (Å²) in [6.07, 6.45) is 1.51. The number of nitrogens with zero attached hydrogens (tertiary/aromatic N) is 1. The predicted molar refractivity (Wildman–Crippen MR) is 61.8 cm³/mol. The van der Waals surface area contributed by atoms with Crippen molar-refractivity contribution in [1.82, 2.24) is 4.57 Å². The van der Waals surface area contributed by atoms with Gasteiger partial charge in [0.05, 0.1) is 25.1 Å². The van der Waals surface area contributed by atoms with E-state index in [9.17, 15) is 4.79 Å². The van der Waals surface area contributed by atoms with Crippen LogP contribution < -0.4 is 5.56 Å². The molecule has 5 heteroatoms. The normalized spacial score (nSPS) is 17.2. The minimum atomic E-state index is -0.284. The van der Waals surface area contributed by atoms with Crippen molar-refractivity contribution < 1.29 is 9.47 Å². The second-order valence-electron chi connectivity index (χ2n) is 3.64. The van der Waals surface area contributed by atoms with Gasteiger partial charge in [0.25, 0.3) is 5.56 Å². The van der Waals surface area contributed by atoms with Crippen LogP contribution in [0.2, 0.25) is 0 Å². The SMILES string of the molecule is O=c1c2ccsc2ccn1CC1OCCO1. The molecule has 1 aliphatic heterocycles. The molecule has 2 aromatic heterocycles. The lowest BCUT2D eigenvalue weighted by molar-refractivity contribution is -0.0529. The molecule has 84 valence electrons. The first-order valence-electron chi connectivity index (χ1n) is 5.14. The smallest absolute Gasteiger partial charge is 0.259 e. The highest BCUT2D eigenvalue weighted by Crippen LogP contribution is 2.16. The Balaban J connectivity index is 1.96. The van der Waals surface area contributed by atoms with Crippen LogP contribution in [0.25, 0.3) is 10.1 Å². The van der Waals surface area contributed by atoms with Crippen LogP contribution in [0, 0.1) is 0 Å². The van der Waals surface area contributed by atoms with Gasteiger partial charge >= 0.3 is 0 Å². The summed E-state index contributed by atoms with van der Waals surface area (Å²) >= 11 is 1.58. The number of aromatic nitrogens is 1. The van der Waals surface area contributed by atoms with Crippen LogP contribution in [-0.2, 0) is 16.0 Å². The van der Waals surface area contributed by atoms with Crippen molar-refractivity contribution in [2.45, 2.75) is 12.8 Å². The molecule has 3 rings (SSSR count). The molecule has 1 saturated heterocycles. The van der Waals surface area contributed by atoms with Crippen molar-refractivity contribution in [2.75, 3.05) is 13.2 Å². The predicted octanol–water partition coefficient (Wildman–Crippen LogP) is 1.44. The first-order valence-corrected chi connectivity index (χ1v) is 6.02. The van der Waals surface area contributed by atoms with E-state index in [-0.39, 0.29) is 11.8 Å². The molecule has 0 atom stereocenters. The second-order valence-corrected chi connectivity index (χ2v) is 4.59. The third-order valence-corrected chi connectivity index (χ3v) is 3.51. The van der Waals surface area contributed by atoms with Crippen LogP contribution in [-0.4, -0.2) is 24.1 Å². The average molecular weight is 237 g/mol. The molecule has 1 fully saturated rings. The first-order chi connectivity index (χ1) is 7.84. The summed E-state index contributed by atoms with van der Waals surface area (Å²) < 4.78 is 13.3. The summed E-state index contributed by atoms with van der Waals surface area (Å²) in [5.74, 6) is 0. The Hall–Kier alpha value is -1.17. The quantitative estimate of drug-likeness (QED) is 0.793. The molecule has 2 aromatic rings. The summed E-state index contributed by atoms with van der Waals surface area (Å²) in [6.45, 7) is 1.69. The van der Waals surface area contributed by atoms with Crippen molar-refractivity contribution in [3.05, 3.63) is 34.1 Å². The van der Waals surface area contributed by atoms with Crippen LogP contribution in [0.5, 0.6) is 0 Å². The molecule has 1 aliphatic rings. The van der Waals surface area contributed by atoms with Gasteiger partial charge in [0.2, 0.25) is 0 Å². The van der Waals surface area contributed by atoms with E-state index >= 15 is 0 Å². The lowest BCUT2D eigenvalue weighted by Gasteiger charge is -2.10. The molecule has 0 saturated carbocycles. The number of rotatable bonds is 2. The summed E-state index contributed by atoms with van der Waals surface area (Å²) in [5.41, 5.74) is 0.0258. The largest absolute Gasteiger partial charge is 0.348 e. The third-order valence-electron chi connectivity index (χ3n) is 2.63. The summed E-state index contributed by atoms with van der Waals surface area (Å²) in [6, 6.07) is 3.81. The maximum absolute atomic E-state index is 12.0. The topological polar surface area (TPSA) is 40.5 Å². The van der Waals surface area contributed by atoms with Crippen LogP contribution in [0.3, 0.4) is 0 Å². The average Bonchev–Trinajstić information content (AvgIpc) is 2.93. The number of fused-ring (bicyclic) bond motifs is 1. The molecule has 16 heavy (non-hydrogen) atoms. The van der Waals surface area contributed by atoms with Crippen molar-refractivity contribution in [2.24, 2.45) is 0 Å². The molecule has 0 radical (unpaired) electrons. The maximum atomic E-state index is 12.0. The van der Waals surface area contributed by atoms with Gasteiger partial charge in [-0.15, -0.1) is 11.3 Å². The van der Waals surface area contributed by atoms with Crippen LogP contribution in [0.1, 0.15) is 0 Å². The lowest BCUT2D eigenvalue weighted by Crippen LogP contribution is -2.26. The standard InChI is InChI=1S/C11H11NO3S/c13-11-8-2-6-16-9(8)1-3-12(11)7-10-14-4-5-15-10/h1-3,6,10H,4-5,7H2. The molecule has 0 unspecified atom stereocenters. The Morgan fingerprint density at radius 2 is 2.19 bits per heavy atom. The number of hydrogen-bond donors (Lipinski definition) is 0. The minimum Gasteiger partial charge on any atom is -0.348 e. The summed E-state index contributed by atoms with van der Waals surface area (Å²) in [7, 11) is 0. The molecular formula is C11H11NO3S. The number of hydrogen-bond acceptors (Lipinski definition) is 4. The fourth-order valence-corrected chi connectivity index (χ4v) is 2.60. The van der Waals surface area contributed by atoms with Crippen LogP contribution in [0.15, 0.2) is 28.5 Å². The molecule has 3 heterocycles. The van der Waals surface area contributed by atoms with E-state index < -0.39 is 0 Å². The van der Waals surface area contributed by atoms with E-state index in [1.807, 2.05) is 17.5 Å². The number of thiophene rings is 1. The van der Waals surface area contributed by atoms with Crippen molar-refractivity contribution in [1.29, 1.82) is 0 Å². The van der Waals surface area contributed by atoms with Gasteiger partial charge in [-0.2, -0.15) is 0 Å². The van der Waals surface area contributed by atoms with Crippen LogP contribution >= 0.6 is 11.3 Å². The zero-order chi connectivity index (χ0) is 11.0. The van der Waals surface area contributed by atoms with Crippen molar-refractivity contribution in [3.63, 3.8) is 0 Å². The van der Waals surface area contributed by atoms with Gasteiger partial charge in [-0.1, -0.05) is 0 Å². The monoisotopic (exact) mass is 237 g/mol. The maximum Gasteiger partial charge on any atom is 0.259 e. The van der Waals surface area contributed by atoms with Gasteiger partial charge in [0.15, 0.2) is 6.29 Å². The van der Waals surface area contributed by atoms with Gasteiger partial charge < -0.3 is 14.0 Å². The van der Waals surface area contributed by atoms with E-state index in [4.69, 9.17) is 9.47 Å². The van der Waals surface area contributed by atoms with Gasteiger partial charge in [-0.25, -0.2) is 0 Å². The number of ether oxygens (including phenoxy) is 2. The highest BCUT2D eigenvalue weighted by Gasteiger charge is 2.17. The van der Waals surface area contributed by atoms with Crippen molar-refractivity contribution >= 4 is 21.4 Å². The molecule has 4 nitrogen and oxygen atoms in total. The van der Waals surface area contributed by atoms with E-state index in [1.54, 1.807) is 22.1 Å². The fourth-order valence-electron chi connectivity index (χ4n) is 1.82. The van der Waals surface area contributed by atoms with E-state index in [2.05, 4.69) is 0 Å². The Labute approximate surface area is 96.0 Å². The second kappa shape index (κ2) is 4.01. The van der Waals surface area contributed by atoms with Gasteiger partial charge in [-0.3, -0.25) is 4.79 Å². The molecular weight excluding hydrogens is 226 g/mol.